The van der Waals surface area contributed by atoms with Gasteiger partial charge in [-0.3, -0.25) is 9.69 Å². The molecule has 2 atom stereocenters. The minimum Gasteiger partial charge on any atom is -0.440 e. The van der Waals surface area contributed by atoms with Gasteiger partial charge in [0.15, 0.2) is 0 Å². The van der Waals surface area contributed by atoms with E-state index in [0.29, 0.717) is 12.0 Å². The summed E-state index contributed by atoms with van der Waals surface area (Å²) < 4.78 is 6.22. The molecule has 4 rings (SSSR count). The summed E-state index contributed by atoms with van der Waals surface area (Å²) >= 11 is 0. The smallest absolute Gasteiger partial charge is 0.410 e. The number of unbranched alkanes of at least 4 members (excludes halogenated alkanes) is 1. The summed E-state index contributed by atoms with van der Waals surface area (Å²) in [6.07, 6.45) is 8.18. The maximum atomic E-state index is 13.2. The van der Waals surface area contributed by atoms with Crippen LogP contribution in [0.5, 0.6) is 0 Å². The highest BCUT2D eigenvalue weighted by molar-refractivity contribution is 5.97. The first-order valence-electron chi connectivity index (χ1n) is 14.4. The molecule has 6 heteroatoms. The quantitative estimate of drug-likeness (QED) is 0.455. The van der Waals surface area contributed by atoms with Crippen LogP contribution in [0.4, 0.5) is 4.79 Å². The SMILES string of the molecule is CCCC[C@@H]1N(CC(C)CC)C(=O)OC12CCN(C1CCN(C(=O)c3c(C)cccc3C)CC1)CC2. The van der Waals surface area contributed by atoms with E-state index >= 15 is 0 Å². The molecule has 36 heavy (non-hydrogen) atoms. The topological polar surface area (TPSA) is 53.1 Å². The van der Waals surface area contributed by atoms with E-state index in [1.165, 1.54) is 0 Å². The van der Waals surface area contributed by atoms with Crippen molar-refractivity contribution in [1.82, 2.24) is 14.7 Å². The van der Waals surface area contributed by atoms with Crippen LogP contribution in [0.25, 0.3) is 0 Å². The van der Waals surface area contributed by atoms with Gasteiger partial charge in [0, 0.05) is 57.2 Å². The van der Waals surface area contributed by atoms with Crippen molar-refractivity contribution in [3.63, 3.8) is 0 Å². The third kappa shape index (κ3) is 5.44. The molecule has 0 N–H and O–H groups in total. The van der Waals surface area contributed by atoms with Gasteiger partial charge in [0.2, 0.25) is 0 Å². The van der Waals surface area contributed by atoms with Crippen molar-refractivity contribution < 1.29 is 14.3 Å². The number of piperidine rings is 2. The lowest BCUT2D eigenvalue weighted by Gasteiger charge is -2.46. The van der Waals surface area contributed by atoms with Gasteiger partial charge >= 0.3 is 6.09 Å². The molecule has 0 aliphatic carbocycles. The van der Waals surface area contributed by atoms with Gasteiger partial charge in [-0.15, -0.1) is 0 Å². The van der Waals surface area contributed by atoms with E-state index in [-0.39, 0.29) is 23.6 Å². The molecule has 3 aliphatic rings. The zero-order valence-corrected chi connectivity index (χ0v) is 23.2. The number of rotatable bonds is 8. The Balaban J connectivity index is 1.35. The second-order valence-electron chi connectivity index (χ2n) is 11.6. The van der Waals surface area contributed by atoms with Crippen LogP contribution in [0.2, 0.25) is 0 Å². The molecule has 3 fully saturated rings. The summed E-state index contributed by atoms with van der Waals surface area (Å²) in [6.45, 7) is 15.1. The normalized spacial score (nSPS) is 23.8. The third-order valence-electron chi connectivity index (χ3n) is 9.15. The summed E-state index contributed by atoms with van der Waals surface area (Å²) in [5.41, 5.74) is 2.68. The number of hydrogen-bond acceptors (Lipinski definition) is 4. The first kappa shape index (κ1) is 27.0. The Bertz CT molecular complexity index is 896. The molecule has 0 aromatic heterocycles. The lowest BCUT2D eigenvalue weighted by Crippen LogP contribution is -2.56. The van der Waals surface area contributed by atoms with E-state index in [2.05, 4.69) is 30.6 Å². The van der Waals surface area contributed by atoms with Gasteiger partial charge in [-0.1, -0.05) is 58.2 Å². The molecule has 0 radical (unpaired) electrons. The van der Waals surface area contributed by atoms with Crippen molar-refractivity contribution in [1.29, 1.82) is 0 Å². The highest BCUT2D eigenvalue weighted by atomic mass is 16.6. The molecule has 3 heterocycles. The first-order valence-corrected chi connectivity index (χ1v) is 14.4. The van der Waals surface area contributed by atoms with Crippen molar-refractivity contribution in [3.8, 4) is 0 Å². The van der Waals surface area contributed by atoms with E-state index in [1.807, 2.05) is 36.9 Å². The molecular formula is C30H47N3O3. The number of carbonyl (C=O) groups excluding carboxylic acids is 2. The van der Waals surface area contributed by atoms with E-state index in [9.17, 15) is 9.59 Å². The molecule has 1 spiro atoms. The molecule has 0 bridgehead atoms. The fourth-order valence-electron chi connectivity index (χ4n) is 6.64. The molecule has 6 nitrogen and oxygen atoms in total. The molecular weight excluding hydrogens is 450 g/mol. The van der Waals surface area contributed by atoms with Gasteiger partial charge in [0.05, 0.1) is 6.04 Å². The molecule has 200 valence electrons. The number of nitrogens with zero attached hydrogens (tertiary/aromatic N) is 3. The summed E-state index contributed by atoms with van der Waals surface area (Å²) in [4.78, 5) is 32.9. The lowest BCUT2D eigenvalue weighted by atomic mass is 9.80. The summed E-state index contributed by atoms with van der Waals surface area (Å²) in [5, 5.41) is 0. The van der Waals surface area contributed by atoms with Crippen molar-refractivity contribution in [2.75, 3.05) is 32.7 Å². The molecule has 1 aromatic carbocycles. The Morgan fingerprint density at radius 1 is 1.08 bits per heavy atom. The minimum absolute atomic E-state index is 0.0943. The number of ether oxygens (including phenoxy) is 1. The Labute approximate surface area is 218 Å². The molecule has 1 aromatic rings. The highest BCUT2D eigenvalue weighted by Gasteiger charge is 2.54. The Morgan fingerprint density at radius 3 is 2.31 bits per heavy atom. The lowest BCUT2D eigenvalue weighted by molar-refractivity contribution is -0.0384. The molecule has 0 saturated carbocycles. The van der Waals surface area contributed by atoms with Crippen molar-refractivity contribution in [3.05, 3.63) is 34.9 Å². The van der Waals surface area contributed by atoms with Crippen LogP contribution >= 0.6 is 0 Å². The average Bonchev–Trinajstić information content (AvgIpc) is 3.12. The fourth-order valence-corrected chi connectivity index (χ4v) is 6.64. The van der Waals surface area contributed by atoms with Crippen LogP contribution < -0.4 is 0 Å². The molecule has 3 saturated heterocycles. The zero-order valence-electron chi connectivity index (χ0n) is 23.2. The van der Waals surface area contributed by atoms with Gasteiger partial charge in [-0.05, 0) is 50.2 Å². The highest BCUT2D eigenvalue weighted by Crippen LogP contribution is 2.42. The van der Waals surface area contributed by atoms with Crippen molar-refractivity contribution >= 4 is 12.0 Å². The fraction of sp³-hybridized carbons (Fsp3) is 0.733. The van der Waals surface area contributed by atoms with Gasteiger partial charge in [-0.2, -0.15) is 0 Å². The Morgan fingerprint density at radius 2 is 1.72 bits per heavy atom. The average molecular weight is 498 g/mol. The van der Waals surface area contributed by atoms with Crippen LogP contribution in [0.1, 0.15) is 93.6 Å². The predicted molar refractivity (Wildman–Crippen MR) is 144 cm³/mol. The van der Waals surface area contributed by atoms with Gasteiger partial charge in [-0.25, -0.2) is 4.79 Å². The van der Waals surface area contributed by atoms with Crippen LogP contribution in [0.3, 0.4) is 0 Å². The minimum atomic E-state index is -0.324. The number of likely N-dealkylation sites (tertiary alicyclic amines) is 2. The van der Waals surface area contributed by atoms with Crippen LogP contribution in [0, 0.1) is 19.8 Å². The second-order valence-corrected chi connectivity index (χ2v) is 11.6. The van der Waals surface area contributed by atoms with Crippen LogP contribution in [-0.2, 0) is 4.74 Å². The molecule has 3 aliphatic heterocycles. The maximum absolute atomic E-state index is 13.2. The van der Waals surface area contributed by atoms with Crippen molar-refractivity contribution in [2.45, 2.75) is 104 Å². The van der Waals surface area contributed by atoms with E-state index < -0.39 is 0 Å². The number of carbonyl (C=O) groups is 2. The monoisotopic (exact) mass is 497 g/mol. The zero-order chi connectivity index (χ0) is 25.9. The third-order valence-corrected chi connectivity index (χ3v) is 9.15. The number of benzene rings is 1. The predicted octanol–water partition coefficient (Wildman–Crippen LogP) is 5.80. The summed E-state index contributed by atoms with van der Waals surface area (Å²) in [7, 11) is 0. The van der Waals surface area contributed by atoms with Crippen LogP contribution in [-0.4, -0.2) is 77.1 Å². The van der Waals surface area contributed by atoms with Gasteiger partial charge in [0.25, 0.3) is 5.91 Å². The number of hydrogen-bond donors (Lipinski definition) is 0. The van der Waals surface area contributed by atoms with Gasteiger partial charge < -0.3 is 14.5 Å². The summed E-state index contributed by atoms with van der Waals surface area (Å²) in [6, 6.07) is 6.80. The molecule has 2 amide bonds. The first-order chi connectivity index (χ1) is 17.3. The van der Waals surface area contributed by atoms with E-state index in [4.69, 9.17) is 4.74 Å². The van der Waals surface area contributed by atoms with Crippen molar-refractivity contribution in [2.24, 2.45) is 5.92 Å². The summed E-state index contributed by atoms with van der Waals surface area (Å²) in [5.74, 6) is 0.674. The van der Waals surface area contributed by atoms with E-state index in [0.717, 1.165) is 101 Å². The van der Waals surface area contributed by atoms with E-state index in [1.54, 1.807) is 0 Å². The number of aryl methyl sites for hydroxylation is 2. The number of amides is 2. The Kier molecular flexibility index (Phi) is 8.64. The second kappa shape index (κ2) is 11.5. The largest absolute Gasteiger partial charge is 0.440 e. The van der Waals surface area contributed by atoms with Gasteiger partial charge in [0.1, 0.15) is 5.60 Å². The molecule has 1 unspecified atom stereocenters. The maximum Gasteiger partial charge on any atom is 0.410 e. The standard InChI is InChI=1S/C30H47N3O3/c1-6-8-12-26-30(36-29(35)33(26)21-22(3)7-2)15-19-31(20-16-30)25-13-17-32(18-14-25)28(34)27-23(4)10-9-11-24(27)5/h9-11,22,25-26H,6-8,12-21H2,1-5H3/t22?,26-/m0/s1. The Hall–Kier alpha value is -2.08. The van der Waals surface area contributed by atoms with Crippen LogP contribution in [0.15, 0.2) is 18.2 Å².